The van der Waals surface area contributed by atoms with Crippen LogP contribution >= 0.6 is 0 Å². The lowest BCUT2D eigenvalue weighted by atomic mass is 9.96. The molecule has 3 aliphatic heterocycles. The molecule has 19 heteroatoms. The maximum Gasteiger partial charge on any atom is 0.220 e. The van der Waals surface area contributed by atoms with Crippen molar-refractivity contribution in [3.63, 3.8) is 0 Å². The number of hydrogen-bond donors (Lipinski definition) is 12. The summed E-state index contributed by atoms with van der Waals surface area (Å²) in [4.78, 5) is 13.5. The monoisotopic (exact) mass is 1390 g/mol. The zero-order chi connectivity index (χ0) is 70.4. The quantitative estimate of drug-likeness (QED) is 0.0199. The van der Waals surface area contributed by atoms with Crippen molar-refractivity contribution in [3.8, 4) is 0 Å². The number of ether oxygens (including phenoxy) is 6. The first-order valence-corrected chi connectivity index (χ1v) is 40.4. The first-order chi connectivity index (χ1) is 47.3. The van der Waals surface area contributed by atoms with E-state index in [-0.39, 0.29) is 18.9 Å². The summed E-state index contributed by atoms with van der Waals surface area (Å²) in [6.45, 7) is 1.80. The Morgan fingerprint density at radius 2 is 0.639 bits per heavy atom. The predicted molar refractivity (Wildman–Crippen MR) is 383 cm³/mol. The van der Waals surface area contributed by atoms with Gasteiger partial charge in [-0.05, 0) is 19.3 Å². The Balaban J connectivity index is 1.36. The van der Waals surface area contributed by atoms with Crippen LogP contribution in [0.25, 0.3) is 0 Å². The van der Waals surface area contributed by atoms with E-state index in [1.54, 1.807) is 6.08 Å². The van der Waals surface area contributed by atoms with E-state index in [0.29, 0.717) is 6.42 Å². The molecule has 0 saturated carbocycles. The molecule has 3 fully saturated rings. The highest BCUT2D eigenvalue weighted by molar-refractivity contribution is 5.76. The third kappa shape index (κ3) is 40.4. The molecule has 3 rings (SSSR count). The van der Waals surface area contributed by atoms with E-state index in [9.17, 15) is 61.0 Å². The van der Waals surface area contributed by atoms with Gasteiger partial charge in [0, 0.05) is 6.42 Å². The second-order valence-corrected chi connectivity index (χ2v) is 29.2. The minimum atomic E-state index is -1.98. The lowest BCUT2D eigenvalue weighted by Gasteiger charge is -2.48. The summed E-state index contributed by atoms with van der Waals surface area (Å²) in [5, 5.41) is 121. The SMILES string of the molecule is CCCCCCCCCCCCCCCCCCCCCCCCCCCCCCCC/C=C/C(O)C(COC1OC(CO)C(OC2OC(CO)C(OC3OC(CO)C(O)C(O)C3O)C(O)C2O)C(O)C1O)NC(=O)CCCCCCCCCCCCCCCCCCCCCC. The molecule has 574 valence electrons. The van der Waals surface area contributed by atoms with E-state index < -0.39 is 124 Å². The molecular formula is C78H149NO18. The third-order valence-corrected chi connectivity index (χ3v) is 20.6. The van der Waals surface area contributed by atoms with Crippen LogP contribution in [-0.4, -0.2) is 193 Å². The molecule has 97 heavy (non-hydrogen) atoms. The normalized spacial score (nSPS) is 26.9. The number of hydrogen-bond acceptors (Lipinski definition) is 18. The molecule has 0 aliphatic carbocycles. The van der Waals surface area contributed by atoms with Crippen LogP contribution in [0.1, 0.15) is 348 Å². The Kier molecular flexibility index (Phi) is 55.4. The van der Waals surface area contributed by atoms with Crippen LogP contribution in [0.4, 0.5) is 0 Å². The van der Waals surface area contributed by atoms with Crippen molar-refractivity contribution in [2.24, 2.45) is 0 Å². The van der Waals surface area contributed by atoms with Crippen LogP contribution in [-0.2, 0) is 33.2 Å². The Morgan fingerprint density at radius 1 is 0.361 bits per heavy atom. The zero-order valence-corrected chi connectivity index (χ0v) is 61.3. The lowest BCUT2D eigenvalue weighted by Crippen LogP contribution is -2.66. The molecule has 17 unspecified atom stereocenters. The molecule has 3 aliphatic rings. The summed E-state index contributed by atoms with van der Waals surface area (Å²) < 4.78 is 34.5. The Labute approximate surface area is 588 Å². The number of allylic oxidation sites excluding steroid dienone is 1. The van der Waals surface area contributed by atoms with Crippen LogP contribution in [0.3, 0.4) is 0 Å². The highest BCUT2D eigenvalue weighted by Crippen LogP contribution is 2.33. The molecule has 3 heterocycles. The molecule has 0 aromatic rings. The molecule has 0 bridgehead atoms. The van der Waals surface area contributed by atoms with Gasteiger partial charge in [0.2, 0.25) is 5.91 Å². The minimum absolute atomic E-state index is 0.250. The number of carbonyl (C=O) groups is 1. The maximum atomic E-state index is 13.5. The van der Waals surface area contributed by atoms with E-state index >= 15 is 0 Å². The first kappa shape index (κ1) is 89.7. The average Bonchev–Trinajstić information content (AvgIpc) is 0.842. The van der Waals surface area contributed by atoms with Crippen LogP contribution in [0.2, 0.25) is 0 Å². The molecule has 12 N–H and O–H groups in total. The second-order valence-electron chi connectivity index (χ2n) is 29.2. The van der Waals surface area contributed by atoms with E-state index in [1.165, 1.54) is 276 Å². The standard InChI is InChI=1S/C78H149NO18/c1-3-5-7-9-11-13-15-17-19-21-23-25-26-27-28-29-30-31-32-33-34-35-36-37-39-41-43-45-47-49-51-53-55-62(83)61(79-66(84)56-54-52-50-48-46-44-42-40-38-24-22-20-18-16-14-12-10-8-6-4-2)60-92-76-72(90)69(87)74(64(58-81)94-76)97-78-73(91)70(88)75(65(59-82)95-78)96-77-71(89)68(86)67(85)63(57-80)93-77/h53,55,61-65,67-78,80-83,85-91H,3-52,54,56-60H2,1-2H3,(H,79,84)/b55-53+. The predicted octanol–water partition coefficient (Wildman–Crippen LogP) is 13.2. The summed E-state index contributed by atoms with van der Waals surface area (Å²) in [6.07, 6.45) is 43.5. The van der Waals surface area contributed by atoms with Gasteiger partial charge in [0.15, 0.2) is 18.9 Å². The Morgan fingerprint density at radius 3 is 0.969 bits per heavy atom. The summed E-state index contributed by atoms with van der Waals surface area (Å²) in [5.74, 6) is -0.267. The molecule has 0 aromatic heterocycles. The van der Waals surface area contributed by atoms with Gasteiger partial charge in [-0.15, -0.1) is 0 Å². The fourth-order valence-electron chi connectivity index (χ4n) is 14.1. The molecule has 0 radical (unpaired) electrons. The van der Waals surface area contributed by atoms with Crippen molar-refractivity contribution < 1.29 is 89.4 Å². The zero-order valence-electron chi connectivity index (χ0n) is 61.3. The summed E-state index contributed by atoms with van der Waals surface area (Å²) in [5.41, 5.74) is 0. The Bertz CT molecular complexity index is 1800. The number of nitrogens with one attached hydrogen (secondary N) is 1. The molecule has 17 atom stereocenters. The average molecular weight is 1390 g/mol. The fourth-order valence-corrected chi connectivity index (χ4v) is 14.1. The number of carbonyl (C=O) groups excluding carboxylic acids is 1. The molecular weight excluding hydrogens is 1240 g/mol. The number of unbranched alkanes of at least 4 members (excludes halogenated alkanes) is 49. The van der Waals surface area contributed by atoms with Gasteiger partial charge >= 0.3 is 0 Å². The highest BCUT2D eigenvalue weighted by atomic mass is 16.8. The molecule has 0 spiro atoms. The Hall–Kier alpha value is -1.47. The van der Waals surface area contributed by atoms with Crippen molar-refractivity contribution in [3.05, 3.63) is 12.2 Å². The van der Waals surface area contributed by atoms with Gasteiger partial charge in [0.1, 0.15) is 73.2 Å². The van der Waals surface area contributed by atoms with Gasteiger partial charge in [-0.1, -0.05) is 334 Å². The van der Waals surface area contributed by atoms with Crippen LogP contribution < -0.4 is 5.32 Å². The summed E-state index contributed by atoms with van der Waals surface area (Å²) in [6, 6.07) is -0.970. The third-order valence-electron chi connectivity index (χ3n) is 20.6. The number of aliphatic hydroxyl groups is 11. The number of amides is 1. The molecule has 1 amide bonds. The van der Waals surface area contributed by atoms with Crippen LogP contribution in [0, 0.1) is 0 Å². The van der Waals surface area contributed by atoms with E-state index in [1.807, 2.05) is 6.08 Å². The van der Waals surface area contributed by atoms with Crippen molar-refractivity contribution >= 4 is 5.91 Å². The van der Waals surface area contributed by atoms with Gasteiger partial charge in [0.25, 0.3) is 0 Å². The van der Waals surface area contributed by atoms with E-state index in [2.05, 4.69) is 19.2 Å². The number of aliphatic hydroxyl groups excluding tert-OH is 11. The first-order valence-electron chi connectivity index (χ1n) is 40.4. The summed E-state index contributed by atoms with van der Waals surface area (Å²) >= 11 is 0. The van der Waals surface area contributed by atoms with Crippen LogP contribution in [0.15, 0.2) is 12.2 Å². The van der Waals surface area contributed by atoms with Crippen molar-refractivity contribution in [1.29, 1.82) is 0 Å². The van der Waals surface area contributed by atoms with Crippen molar-refractivity contribution in [1.82, 2.24) is 5.32 Å². The van der Waals surface area contributed by atoms with Gasteiger partial charge in [-0.3, -0.25) is 4.79 Å². The minimum Gasteiger partial charge on any atom is -0.394 e. The number of rotatable bonds is 65. The smallest absolute Gasteiger partial charge is 0.220 e. The topological polar surface area (TPSA) is 307 Å². The van der Waals surface area contributed by atoms with Gasteiger partial charge in [-0.25, -0.2) is 0 Å². The van der Waals surface area contributed by atoms with Crippen molar-refractivity contribution in [2.75, 3.05) is 26.4 Å². The van der Waals surface area contributed by atoms with Crippen LogP contribution in [0.5, 0.6) is 0 Å². The molecule has 3 saturated heterocycles. The van der Waals surface area contributed by atoms with E-state index in [4.69, 9.17) is 28.4 Å². The molecule has 19 nitrogen and oxygen atoms in total. The van der Waals surface area contributed by atoms with Crippen molar-refractivity contribution in [2.45, 2.75) is 452 Å². The van der Waals surface area contributed by atoms with E-state index in [0.717, 1.165) is 44.9 Å². The summed E-state index contributed by atoms with van der Waals surface area (Å²) in [7, 11) is 0. The molecule has 0 aromatic carbocycles. The lowest BCUT2D eigenvalue weighted by molar-refractivity contribution is -0.379. The van der Waals surface area contributed by atoms with Gasteiger partial charge < -0.3 is 89.9 Å². The largest absolute Gasteiger partial charge is 0.394 e. The second kappa shape index (κ2) is 59.9. The highest BCUT2D eigenvalue weighted by Gasteiger charge is 2.54. The maximum absolute atomic E-state index is 13.5. The van der Waals surface area contributed by atoms with Gasteiger partial charge in [0.05, 0.1) is 38.6 Å². The fraction of sp³-hybridized carbons (Fsp3) is 0.962. The van der Waals surface area contributed by atoms with Gasteiger partial charge in [-0.2, -0.15) is 0 Å².